The Labute approximate surface area is 111 Å². The predicted molar refractivity (Wildman–Crippen MR) is 70.3 cm³/mol. The van der Waals surface area contributed by atoms with Gasteiger partial charge in [0.1, 0.15) is 6.04 Å². The fourth-order valence-corrected chi connectivity index (χ4v) is 2.35. The number of benzene rings is 1. The first-order chi connectivity index (χ1) is 8.95. The van der Waals surface area contributed by atoms with Crippen LogP contribution in [0.15, 0.2) is 12.1 Å². The highest BCUT2D eigenvalue weighted by Crippen LogP contribution is 2.34. The van der Waals surface area contributed by atoms with Gasteiger partial charge in [0.25, 0.3) is 5.69 Å². The molecule has 1 aromatic rings. The lowest BCUT2D eigenvalue weighted by atomic mass is 9.98. The molecular formula is C13H16N2O4. The van der Waals surface area contributed by atoms with Crippen molar-refractivity contribution in [2.75, 3.05) is 18.6 Å². The highest BCUT2D eigenvalue weighted by molar-refractivity contribution is 5.83. The third-order valence-electron chi connectivity index (χ3n) is 3.51. The van der Waals surface area contributed by atoms with Crippen LogP contribution >= 0.6 is 0 Å². The first-order valence-corrected chi connectivity index (χ1v) is 6.05. The summed E-state index contributed by atoms with van der Waals surface area (Å²) < 4.78 is 4.75. The van der Waals surface area contributed by atoms with Gasteiger partial charge in [0.2, 0.25) is 0 Å². The summed E-state index contributed by atoms with van der Waals surface area (Å²) in [6, 6.07) is 3.05. The summed E-state index contributed by atoms with van der Waals surface area (Å²) in [4.78, 5) is 24.0. The largest absolute Gasteiger partial charge is 0.467 e. The van der Waals surface area contributed by atoms with Gasteiger partial charge in [0.05, 0.1) is 12.0 Å². The van der Waals surface area contributed by atoms with Crippen LogP contribution in [0.4, 0.5) is 11.4 Å². The number of hydrogen-bond donors (Lipinski definition) is 0. The molecule has 0 bridgehead atoms. The molecule has 1 aromatic carbocycles. The molecule has 1 atom stereocenters. The van der Waals surface area contributed by atoms with Crippen LogP contribution in [-0.2, 0) is 9.53 Å². The summed E-state index contributed by atoms with van der Waals surface area (Å²) >= 11 is 0. The molecule has 1 aliphatic rings. The fraction of sp³-hybridized carbons (Fsp3) is 0.462. The Morgan fingerprint density at radius 2 is 2.11 bits per heavy atom. The summed E-state index contributed by atoms with van der Waals surface area (Å²) in [5.41, 5.74) is 2.37. The van der Waals surface area contributed by atoms with E-state index in [0.717, 1.165) is 24.2 Å². The summed E-state index contributed by atoms with van der Waals surface area (Å²) in [5, 5.41) is 10.9. The van der Waals surface area contributed by atoms with Crippen LogP contribution in [0.5, 0.6) is 0 Å². The van der Waals surface area contributed by atoms with Gasteiger partial charge in [-0.3, -0.25) is 10.1 Å². The lowest BCUT2D eigenvalue weighted by Gasteiger charge is -2.41. The van der Waals surface area contributed by atoms with Crippen molar-refractivity contribution in [1.82, 2.24) is 0 Å². The topological polar surface area (TPSA) is 72.7 Å². The highest BCUT2D eigenvalue weighted by atomic mass is 16.6. The molecule has 1 unspecified atom stereocenters. The SMILES string of the molecule is COC(=O)C1CCN1c1cc(C)c([N+](=O)[O-])cc1C. The maximum atomic E-state index is 11.6. The molecule has 1 heterocycles. The zero-order valence-electron chi connectivity index (χ0n) is 11.2. The average Bonchev–Trinajstić information content (AvgIpc) is 2.31. The molecule has 102 valence electrons. The van der Waals surface area contributed by atoms with E-state index in [1.54, 1.807) is 19.1 Å². The van der Waals surface area contributed by atoms with Gasteiger partial charge < -0.3 is 9.64 Å². The van der Waals surface area contributed by atoms with E-state index in [1.165, 1.54) is 7.11 Å². The number of rotatable bonds is 3. The predicted octanol–water partition coefficient (Wildman–Crippen LogP) is 1.96. The molecule has 0 radical (unpaired) electrons. The Bertz CT molecular complexity index is 542. The number of nitro benzene ring substituents is 1. The van der Waals surface area contributed by atoms with E-state index in [4.69, 9.17) is 4.74 Å². The van der Waals surface area contributed by atoms with Crippen molar-refractivity contribution in [2.45, 2.75) is 26.3 Å². The van der Waals surface area contributed by atoms with E-state index < -0.39 is 0 Å². The number of methoxy groups -OCH3 is 1. The van der Waals surface area contributed by atoms with Crippen molar-refractivity contribution in [2.24, 2.45) is 0 Å². The number of hydrogen-bond acceptors (Lipinski definition) is 5. The summed E-state index contributed by atoms with van der Waals surface area (Å²) in [6.07, 6.45) is 0.752. The van der Waals surface area contributed by atoms with E-state index in [9.17, 15) is 14.9 Å². The number of esters is 1. The second-order valence-corrected chi connectivity index (χ2v) is 4.70. The van der Waals surface area contributed by atoms with Gasteiger partial charge in [-0.1, -0.05) is 0 Å². The quantitative estimate of drug-likeness (QED) is 0.474. The normalized spacial score (nSPS) is 17.8. The lowest BCUT2D eigenvalue weighted by Crippen LogP contribution is -2.53. The molecule has 0 N–H and O–H groups in total. The summed E-state index contributed by atoms with van der Waals surface area (Å²) in [5.74, 6) is -0.262. The van der Waals surface area contributed by atoms with Gasteiger partial charge in [0, 0.05) is 23.9 Å². The second-order valence-electron chi connectivity index (χ2n) is 4.70. The fourth-order valence-electron chi connectivity index (χ4n) is 2.35. The summed E-state index contributed by atoms with van der Waals surface area (Å²) in [7, 11) is 1.37. The summed E-state index contributed by atoms with van der Waals surface area (Å²) in [6.45, 7) is 4.28. The molecule has 0 aliphatic carbocycles. The monoisotopic (exact) mass is 264 g/mol. The van der Waals surface area contributed by atoms with Gasteiger partial charge in [-0.25, -0.2) is 4.79 Å². The molecule has 1 saturated heterocycles. The van der Waals surface area contributed by atoms with Gasteiger partial charge in [-0.05, 0) is 31.9 Å². The minimum absolute atomic E-state index is 0.108. The van der Waals surface area contributed by atoms with Crippen molar-refractivity contribution < 1.29 is 14.5 Å². The van der Waals surface area contributed by atoms with Crippen LogP contribution in [0.2, 0.25) is 0 Å². The Kier molecular flexibility index (Phi) is 3.42. The van der Waals surface area contributed by atoms with Crippen LogP contribution in [0, 0.1) is 24.0 Å². The molecule has 0 spiro atoms. The molecule has 0 amide bonds. The minimum Gasteiger partial charge on any atom is -0.467 e. The molecule has 1 aliphatic heterocycles. The van der Waals surface area contributed by atoms with Crippen molar-refractivity contribution >= 4 is 17.3 Å². The Morgan fingerprint density at radius 3 is 2.58 bits per heavy atom. The third-order valence-corrected chi connectivity index (χ3v) is 3.51. The average molecular weight is 264 g/mol. The molecule has 19 heavy (non-hydrogen) atoms. The van der Waals surface area contributed by atoms with Crippen molar-refractivity contribution in [3.8, 4) is 0 Å². The van der Waals surface area contributed by atoms with Gasteiger partial charge in [0.15, 0.2) is 0 Å². The minimum atomic E-state index is -0.389. The molecule has 0 saturated carbocycles. The van der Waals surface area contributed by atoms with E-state index in [1.807, 2.05) is 11.8 Å². The molecule has 6 heteroatoms. The molecule has 0 aromatic heterocycles. The number of anilines is 1. The number of nitro groups is 1. The zero-order chi connectivity index (χ0) is 14.2. The van der Waals surface area contributed by atoms with Gasteiger partial charge in [-0.2, -0.15) is 0 Å². The van der Waals surface area contributed by atoms with E-state index in [2.05, 4.69) is 0 Å². The third kappa shape index (κ3) is 2.25. The zero-order valence-corrected chi connectivity index (χ0v) is 11.2. The Balaban J connectivity index is 2.34. The van der Waals surface area contributed by atoms with Crippen molar-refractivity contribution in [1.29, 1.82) is 0 Å². The maximum Gasteiger partial charge on any atom is 0.328 e. The van der Waals surface area contributed by atoms with Crippen molar-refractivity contribution in [3.05, 3.63) is 33.4 Å². The number of carbonyl (C=O) groups excluding carboxylic acids is 1. The molecule has 6 nitrogen and oxygen atoms in total. The van der Waals surface area contributed by atoms with E-state index in [-0.39, 0.29) is 22.6 Å². The standard InChI is InChI=1S/C13H16N2O4/c1-8-7-12(15(17)18)9(2)6-11(8)14-5-4-10(14)13(16)19-3/h6-7,10H,4-5H2,1-3H3. The number of carbonyl (C=O) groups is 1. The van der Waals surface area contributed by atoms with E-state index >= 15 is 0 Å². The lowest BCUT2D eigenvalue weighted by molar-refractivity contribution is -0.385. The Morgan fingerprint density at radius 1 is 1.42 bits per heavy atom. The van der Waals surface area contributed by atoms with E-state index in [0.29, 0.717) is 5.56 Å². The van der Waals surface area contributed by atoms with Crippen LogP contribution in [0.25, 0.3) is 0 Å². The number of ether oxygens (including phenoxy) is 1. The Hall–Kier alpha value is -2.11. The smallest absolute Gasteiger partial charge is 0.328 e. The van der Waals surface area contributed by atoms with Crippen LogP contribution in [0.1, 0.15) is 17.5 Å². The first-order valence-electron chi connectivity index (χ1n) is 6.05. The van der Waals surface area contributed by atoms with Crippen molar-refractivity contribution in [3.63, 3.8) is 0 Å². The maximum absolute atomic E-state index is 11.6. The molecule has 2 rings (SSSR count). The number of nitrogens with zero attached hydrogens (tertiary/aromatic N) is 2. The van der Waals surface area contributed by atoms with Crippen LogP contribution < -0.4 is 4.90 Å². The molecule has 1 fully saturated rings. The molecular weight excluding hydrogens is 248 g/mol. The second kappa shape index (κ2) is 4.87. The van der Waals surface area contributed by atoms with Crippen LogP contribution in [-0.4, -0.2) is 30.6 Å². The van der Waals surface area contributed by atoms with Gasteiger partial charge >= 0.3 is 5.97 Å². The first kappa shape index (κ1) is 13.3. The highest BCUT2D eigenvalue weighted by Gasteiger charge is 2.36. The van der Waals surface area contributed by atoms with Gasteiger partial charge in [-0.15, -0.1) is 0 Å². The number of aryl methyl sites for hydroxylation is 2. The van der Waals surface area contributed by atoms with Crippen LogP contribution in [0.3, 0.4) is 0 Å².